The van der Waals surface area contributed by atoms with Gasteiger partial charge in [-0.1, -0.05) is 0 Å². The molecule has 3 N–H and O–H groups in total. The highest BCUT2D eigenvalue weighted by Gasteiger charge is 2.33. The molecule has 0 spiro atoms. The topological polar surface area (TPSA) is 114 Å². The van der Waals surface area contributed by atoms with Crippen molar-refractivity contribution >= 4 is 45.8 Å². The monoisotopic (exact) mass is 423 g/mol. The molecule has 4 rings (SSSR count). The molecule has 3 aromatic rings. The Hall–Kier alpha value is -2.56. The second-order valence-corrected chi connectivity index (χ2v) is 7.88. The lowest BCUT2D eigenvalue weighted by Crippen LogP contribution is -2.26. The normalized spacial score (nSPS) is 19.5. The molecule has 8 nitrogen and oxygen atoms in total. The lowest BCUT2D eigenvalue weighted by atomic mass is 10.1. The number of aromatic nitrogens is 3. The van der Waals surface area contributed by atoms with E-state index in [9.17, 15) is 19.1 Å². The molecule has 1 unspecified atom stereocenters. The third kappa shape index (κ3) is 3.03. The number of anilines is 1. The predicted molar refractivity (Wildman–Crippen MR) is 104 cm³/mol. The molecule has 3 aromatic heterocycles. The van der Waals surface area contributed by atoms with E-state index in [1.165, 1.54) is 15.9 Å². The van der Waals surface area contributed by atoms with E-state index in [4.69, 9.17) is 17.3 Å². The molecule has 0 amide bonds. The summed E-state index contributed by atoms with van der Waals surface area (Å²) >= 11 is 7.52. The Morgan fingerprint density at radius 3 is 2.86 bits per heavy atom. The Bertz CT molecular complexity index is 1120. The van der Waals surface area contributed by atoms with Crippen LogP contribution in [0.4, 0.5) is 10.2 Å². The summed E-state index contributed by atoms with van der Waals surface area (Å²) in [6.07, 6.45) is 2.71. The molecule has 0 aliphatic carbocycles. The van der Waals surface area contributed by atoms with Gasteiger partial charge in [-0.3, -0.25) is 9.36 Å². The van der Waals surface area contributed by atoms with Crippen molar-refractivity contribution < 1.29 is 14.3 Å². The first-order chi connectivity index (χ1) is 13.4. The second kappa shape index (κ2) is 7.12. The van der Waals surface area contributed by atoms with Crippen molar-refractivity contribution in [1.29, 1.82) is 0 Å². The van der Waals surface area contributed by atoms with Gasteiger partial charge in [0.2, 0.25) is 5.43 Å². The Labute approximate surface area is 167 Å². The first-order valence-corrected chi connectivity index (χ1v) is 9.70. The molecule has 1 saturated heterocycles. The molecule has 28 heavy (non-hydrogen) atoms. The van der Waals surface area contributed by atoms with Gasteiger partial charge in [0.1, 0.15) is 5.56 Å². The summed E-state index contributed by atoms with van der Waals surface area (Å²) < 4.78 is 16.2. The zero-order valence-corrected chi connectivity index (χ0v) is 16.0. The van der Waals surface area contributed by atoms with Crippen molar-refractivity contribution in [3.8, 4) is 5.13 Å². The lowest BCUT2D eigenvalue weighted by Gasteiger charge is -2.19. The van der Waals surface area contributed by atoms with Crippen molar-refractivity contribution in [3.05, 3.63) is 45.4 Å². The SMILES string of the molecule is NCC1CN(c2nc3c(cc2F)c(=O)c(C(=O)O)cn3-c2nccs2)C[C@H]1Cl. The van der Waals surface area contributed by atoms with Crippen LogP contribution in [0.1, 0.15) is 10.4 Å². The van der Waals surface area contributed by atoms with Gasteiger partial charge in [-0.15, -0.1) is 22.9 Å². The van der Waals surface area contributed by atoms with Gasteiger partial charge in [0.05, 0.1) is 10.8 Å². The third-order valence-electron chi connectivity index (χ3n) is 4.73. The van der Waals surface area contributed by atoms with E-state index in [0.29, 0.717) is 24.8 Å². The molecule has 1 fully saturated rings. The van der Waals surface area contributed by atoms with Gasteiger partial charge in [0, 0.05) is 36.8 Å². The summed E-state index contributed by atoms with van der Waals surface area (Å²) in [4.78, 5) is 34.2. The molecular weight excluding hydrogens is 409 g/mol. The number of thiazole rings is 1. The third-order valence-corrected chi connectivity index (χ3v) is 6.00. The fraction of sp³-hybridized carbons (Fsp3) is 0.294. The van der Waals surface area contributed by atoms with Crippen LogP contribution in [0.15, 0.2) is 28.6 Å². The van der Waals surface area contributed by atoms with Crippen molar-refractivity contribution in [2.45, 2.75) is 5.38 Å². The van der Waals surface area contributed by atoms with Crippen molar-refractivity contribution in [2.75, 3.05) is 24.5 Å². The lowest BCUT2D eigenvalue weighted by molar-refractivity contribution is 0.0695. The van der Waals surface area contributed by atoms with Crippen molar-refractivity contribution in [1.82, 2.24) is 14.5 Å². The number of halogens is 2. The molecule has 1 aliphatic heterocycles. The van der Waals surface area contributed by atoms with E-state index in [1.807, 2.05) is 0 Å². The maximum Gasteiger partial charge on any atom is 0.341 e. The number of hydrogen-bond acceptors (Lipinski definition) is 7. The molecular formula is C17H15ClFN5O3S. The number of pyridine rings is 2. The number of carbonyl (C=O) groups is 1. The molecule has 0 saturated carbocycles. The van der Waals surface area contributed by atoms with Gasteiger partial charge >= 0.3 is 5.97 Å². The first kappa shape index (κ1) is 18.8. The van der Waals surface area contributed by atoms with Gasteiger partial charge in [0.25, 0.3) is 0 Å². The minimum Gasteiger partial charge on any atom is -0.477 e. The molecule has 146 valence electrons. The molecule has 4 heterocycles. The Balaban J connectivity index is 1.96. The van der Waals surface area contributed by atoms with Crippen LogP contribution in [-0.2, 0) is 0 Å². The molecule has 0 bridgehead atoms. The van der Waals surface area contributed by atoms with E-state index < -0.39 is 22.8 Å². The van der Waals surface area contributed by atoms with Crippen LogP contribution in [0, 0.1) is 11.7 Å². The molecule has 11 heteroatoms. The highest BCUT2D eigenvalue weighted by molar-refractivity contribution is 7.12. The smallest absolute Gasteiger partial charge is 0.341 e. The van der Waals surface area contributed by atoms with Crippen LogP contribution >= 0.6 is 22.9 Å². The number of alkyl halides is 1. The molecule has 0 aromatic carbocycles. The quantitative estimate of drug-likeness (QED) is 0.613. The maximum atomic E-state index is 14.8. The van der Waals surface area contributed by atoms with E-state index in [0.717, 1.165) is 12.3 Å². The number of aromatic carboxylic acids is 1. The maximum absolute atomic E-state index is 14.8. The Morgan fingerprint density at radius 1 is 1.46 bits per heavy atom. The van der Waals surface area contributed by atoms with Gasteiger partial charge in [-0.2, -0.15) is 0 Å². The first-order valence-electron chi connectivity index (χ1n) is 8.39. The summed E-state index contributed by atoms with van der Waals surface area (Å²) in [5.74, 6) is -2.09. The zero-order valence-electron chi connectivity index (χ0n) is 14.4. The number of rotatable bonds is 4. The van der Waals surface area contributed by atoms with E-state index in [1.54, 1.807) is 16.5 Å². The van der Waals surface area contributed by atoms with Gasteiger partial charge in [0.15, 0.2) is 22.4 Å². The fourth-order valence-electron chi connectivity index (χ4n) is 3.30. The highest BCUT2D eigenvalue weighted by Crippen LogP contribution is 2.29. The van der Waals surface area contributed by atoms with Gasteiger partial charge < -0.3 is 15.7 Å². The number of nitrogens with zero attached hydrogens (tertiary/aromatic N) is 4. The van der Waals surface area contributed by atoms with Crippen molar-refractivity contribution in [3.63, 3.8) is 0 Å². The number of carboxylic acid groups (broad SMARTS) is 1. The van der Waals surface area contributed by atoms with Crippen LogP contribution in [0.5, 0.6) is 0 Å². The van der Waals surface area contributed by atoms with Gasteiger partial charge in [-0.05, 0) is 12.6 Å². The number of carboxylic acids is 1. The van der Waals surface area contributed by atoms with E-state index in [2.05, 4.69) is 9.97 Å². The van der Waals surface area contributed by atoms with Crippen LogP contribution in [0.2, 0.25) is 0 Å². The van der Waals surface area contributed by atoms with Crippen LogP contribution in [-0.4, -0.2) is 50.6 Å². The molecule has 2 atom stereocenters. The number of nitrogens with two attached hydrogens (primary N) is 1. The van der Waals surface area contributed by atoms with Crippen LogP contribution in [0.25, 0.3) is 16.2 Å². The van der Waals surface area contributed by atoms with E-state index >= 15 is 0 Å². The summed E-state index contributed by atoms with van der Waals surface area (Å²) in [5, 5.41) is 11.1. The van der Waals surface area contributed by atoms with Gasteiger partial charge in [-0.25, -0.2) is 19.2 Å². The predicted octanol–water partition coefficient (Wildman–Crippen LogP) is 1.68. The summed E-state index contributed by atoms with van der Waals surface area (Å²) in [5.41, 5.74) is 4.56. The highest BCUT2D eigenvalue weighted by atomic mass is 35.5. The summed E-state index contributed by atoms with van der Waals surface area (Å²) in [7, 11) is 0. The van der Waals surface area contributed by atoms with Crippen molar-refractivity contribution in [2.24, 2.45) is 11.7 Å². The zero-order chi connectivity index (χ0) is 20.0. The largest absolute Gasteiger partial charge is 0.477 e. The standard InChI is InChI=1S/C17H15ClFN5O3S/c18-11-7-23(5-8(11)4-20)15-12(19)3-9-13(25)10(16(26)27)6-24(14(9)22-15)17-21-1-2-28-17/h1-3,6,8,11H,4-5,7,20H2,(H,26,27)/t8?,11-/m1/s1. The molecule has 1 aliphatic rings. The minimum atomic E-state index is -1.41. The number of fused-ring (bicyclic) bond motifs is 1. The Morgan fingerprint density at radius 2 is 2.25 bits per heavy atom. The van der Waals surface area contributed by atoms with Crippen LogP contribution < -0.4 is 16.1 Å². The summed E-state index contributed by atoms with van der Waals surface area (Å²) in [6.45, 7) is 1.17. The average Bonchev–Trinajstić information content (AvgIpc) is 3.31. The molecule has 0 radical (unpaired) electrons. The minimum absolute atomic E-state index is 0.00546. The van der Waals surface area contributed by atoms with Crippen LogP contribution in [0.3, 0.4) is 0 Å². The second-order valence-electron chi connectivity index (χ2n) is 6.44. The number of hydrogen-bond donors (Lipinski definition) is 2. The Kier molecular flexibility index (Phi) is 4.77. The fourth-order valence-corrected chi connectivity index (χ4v) is 4.26. The average molecular weight is 424 g/mol. The van der Waals surface area contributed by atoms with E-state index in [-0.39, 0.29) is 28.1 Å². The summed E-state index contributed by atoms with van der Waals surface area (Å²) in [6, 6.07) is 1.02.